The van der Waals surface area contributed by atoms with Crippen molar-refractivity contribution in [1.29, 1.82) is 0 Å². The molecule has 0 radical (unpaired) electrons. The topological polar surface area (TPSA) is 105 Å². The number of benzene rings is 2. The van der Waals surface area contributed by atoms with E-state index in [1.54, 1.807) is 32.0 Å². The SMILES string of the molecule is Cc1ccc(NC(=O)C2CCN(S(=O)(=O)c3cc4c(cc3C)NC(=O)[C@H](C)O4)CC2)c(Cl)c1. The van der Waals surface area contributed by atoms with Crippen LogP contribution in [0, 0.1) is 19.8 Å². The van der Waals surface area contributed by atoms with E-state index < -0.39 is 16.1 Å². The van der Waals surface area contributed by atoms with Crippen molar-refractivity contribution in [1.82, 2.24) is 4.31 Å². The number of rotatable bonds is 4. The molecule has 2 aliphatic rings. The summed E-state index contributed by atoms with van der Waals surface area (Å²) in [6, 6.07) is 8.49. The molecular weight excluding hydrogens is 466 g/mol. The smallest absolute Gasteiger partial charge is 0.265 e. The number of ether oxygens (including phenoxy) is 1. The molecule has 1 saturated heterocycles. The second kappa shape index (κ2) is 8.96. The van der Waals surface area contributed by atoms with Crippen LogP contribution in [0.5, 0.6) is 5.75 Å². The van der Waals surface area contributed by atoms with Crippen LogP contribution in [0.15, 0.2) is 35.2 Å². The number of carbonyl (C=O) groups excluding carboxylic acids is 2. The van der Waals surface area contributed by atoms with Gasteiger partial charge in [0, 0.05) is 25.1 Å². The van der Waals surface area contributed by atoms with Crippen molar-refractivity contribution in [2.75, 3.05) is 23.7 Å². The molecule has 10 heteroatoms. The lowest BCUT2D eigenvalue weighted by Crippen LogP contribution is -2.41. The van der Waals surface area contributed by atoms with Gasteiger partial charge in [-0.2, -0.15) is 4.31 Å². The molecule has 0 saturated carbocycles. The first-order chi connectivity index (χ1) is 15.6. The van der Waals surface area contributed by atoms with E-state index in [-0.39, 0.29) is 35.7 Å². The normalized spacial score (nSPS) is 19.4. The first-order valence-electron chi connectivity index (χ1n) is 10.8. The molecule has 2 N–H and O–H groups in total. The summed E-state index contributed by atoms with van der Waals surface area (Å²) in [4.78, 5) is 24.7. The molecule has 176 valence electrons. The second-order valence-electron chi connectivity index (χ2n) is 8.51. The first kappa shape index (κ1) is 23.5. The number of nitrogens with zero attached hydrogens (tertiary/aromatic N) is 1. The highest BCUT2D eigenvalue weighted by Crippen LogP contribution is 2.36. The van der Waals surface area contributed by atoms with Gasteiger partial charge in [0.05, 0.1) is 21.3 Å². The fourth-order valence-corrected chi connectivity index (χ4v) is 6.05. The van der Waals surface area contributed by atoms with Crippen molar-refractivity contribution in [3.05, 3.63) is 46.5 Å². The Morgan fingerprint density at radius 1 is 1.18 bits per heavy atom. The largest absolute Gasteiger partial charge is 0.479 e. The zero-order valence-corrected chi connectivity index (χ0v) is 20.2. The third-order valence-corrected chi connectivity index (χ3v) is 8.39. The van der Waals surface area contributed by atoms with Crippen molar-refractivity contribution in [3.8, 4) is 5.75 Å². The summed E-state index contributed by atoms with van der Waals surface area (Å²) < 4.78 is 33.7. The van der Waals surface area contributed by atoms with Gasteiger partial charge in [-0.1, -0.05) is 17.7 Å². The highest BCUT2D eigenvalue weighted by Gasteiger charge is 2.34. The fourth-order valence-electron chi connectivity index (χ4n) is 4.07. The summed E-state index contributed by atoms with van der Waals surface area (Å²) in [6.07, 6.45) is 0.108. The Kier molecular flexibility index (Phi) is 6.39. The van der Waals surface area contributed by atoms with Crippen LogP contribution in [0.3, 0.4) is 0 Å². The molecule has 8 nitrogen and oxygen atoms in total. The Labute approximate surface area is 198 Å². The van der Waals surface area contributed by atoms with Crippen LogP contribution in [0.25, 0.3) is 0 Å². The zero-order valence-electron chi connectivity index (χ0n) is 18.6. The summed E-state index contributed by atoms with van der Waals surface area (Å²) >= 11 is 6.21. The van der Waals surface area contributed by atoms with Gasteiger partial charge in [-0.05, 0) is 62.9 Å². The molecule has 2 amide bonds. The van der Waals surface area contributed by atoms with Gasteiger partial charge in [0.25, 0.3) is 5.91 Å². The molecule has 4 rings (SSSR count). The number of aryl methyl sites for hydroxylation is 2. The molecule has 0 spiro atoms. The summed E-state index contributed by atoms with van der Waals surface area (Å²) in [5, 5.41) is 6.05. The van der Waals surface area contributed by atoms with Crippen LogP contribution in [-0.4, -0.2) is 43.7 Å². The molecule has 0 aromatic heterocycles. The van der Waals surface area contributed by atoms with E-state index >= 15 is 0 Å². The number of hydrogen-bond acceptors (Lipinski definition) is 5. The van der Waals surface area contributed by atoms with E-state index in [0.29, 0.717) is 40.6 Å². The molecule has 1 fully saturated rings. The summed E-state index contributed by atoms with van der Waals surface area (Å²) in [5.74, 6) is -0.418. The number of hydrogen-bond donors (Lipinski definition) is 2. The molecule has 0 unspecified atom stereocenters. The minimum Gasteiger partial charge on any atom is -0.479 e. The zero-order chi connectivity index (χ0) is 23.9. The van der Waals surface area contributed by atoms with Gasteiger partial charge in [-0.15, -0.1) is 0 Å². The maximum absolute atomic E-state index is 13.3. The number of carbonyl (C=O) groups is 2. The van der Waals surface area contributed by atoms with Crippen molar-refractivity contribution >= 4 is 44.8 Å². The molecular formula is C23H26ClN3O5S. The van der Waals surface area contributed by atoms with E-state index in [2.05, 4.69) is 10.6 Å². The number of sulfonamides is 1. The van der Waals surface area contributed by atoms with Crippen LogP contribution in [0.2, 0.25) is 5.02 Å². The van der Waals surface area contributed by atoms with E-state index in [1.165, 1.54) is 10.4 Å². The van der Waals surface area contributed by atoms with E-state index in [9.17, 15) is 18.0 Å². The number of piperidine rings is 1. The average molecular weight is 492 g/mol. The monoisotopic (exact) mass is 491 g/mol. The lowest BCUT2D eigenvalue weighted by Gasteiger charge is -2.31. The molecule has 2 aromatic carbocycles. The van der Waals surface area contributed by atoms with Crippen molar-refractivity contribution < 1.29 is 22.7 Å². The van der Waals surface area contributed by atoms with Gasteiger partial charge in [0.2, 0.25) is 15.9 Å². The Morgan fingerprint density at radius 3 is 2.55 bits per heavy atom. The quantitative estimate of drug-likeness (QED) is 0.678. The average Bonchev–Trinajstić information content (AvgIpc) is 2.76. The molecule has 0 bridgehead atoms. The fraction of sp³-hybridized carbons (Fsp3) is 0.391. The summed E-state index contributed by atoms with van der Waals surface area (Å²) in [5.41, 5.74) is 2.52. The second-order valence-corrected chi connectivity index (χ2v) is 10.8. The molecule has 2 heterocycles. The molecule has 33 heavy (non-hydrogen) atoms. The minimum absolute atomic E-state index is 0.138. The van der Waals surface area contributed by atoms with Gasteiger partial charge < -0.3 is 15.4 Å². The van der Waals surface area contributed by atoms with Crippen LogP contribution >= 0.6 is 11.6 Å². The maximum atomic E-state index is 13.3. The van der Waals surface area contributed by atoms with Crippen LogP contribution in [0.4, 0.5) is 11.4 Å². The number of nitrogens with one attached hydrogen (secondary N) is 2. The molecule has 0 aliphatic carbocycles. The number of fused-ring (bicyclic) bond motifs is 1. The molecule has 2 aromatic rings. The highest BCUT2D eigenvalue weighted by atomic mass is 35.5. The van der Waals surface area contributed by atoms with E-state index in [1.807, 2.05) is 13.0 Å². The van der Waals surface area contributed by atoms with E-state index in [0.717, 1.165) is 5.56 Å². The van der Waals surface area contributed by atoms with Gasteiger partial charge in [0.15, 0.2) is 6.10 Å². The molecule has 2 aliphatic heterocycles. The number of halogens is 1. The van der Waals surface area contributed by atoms with Gasteiger partial charge in [0.1, 0.15) is 5.75 Å². The predicted molar refractivity (Wildman–Crippen MR) is 126 cm³/mol. The summed E-state index contributed by atoms with van der Waals surface area (Å²) in [7, 11) is -3.79. The number of amides is 2. The first-order valence-corrected chi connectivity index (χ1v) is 12.6. The van der Waals surface area contributed by atoms with Crippen molar-refractivity contribution in [2.24, 2.45) is 5.92 Å². The molecule has 1 atom stereocenters. The van der Waals surface area contributed by atoms with Gasteiger partial charge >= 0.3 is 0 Å². The van der Waals surface area contributed by atoms with Gasteiger partial charge in [-0.3, -0.25) is 9.59 Å². The summed E-state index contributed by atoms with van der Waals surface area (Å²) in [6.45, 7) is 5.66. The lowest BCUT2D eigenvalue weighted by molar-refractivity contribution is -0.123. The van der Waals surface area contributed by atoms with Crippen LogP contribution < -0.4 is 15.4 Å². The maximum Gasteiger partial charge on any atom is 0.265 e. The Balaban J connectivity index is 1.45. The van der Waals surface area contributed by atoms with Crippen molar-refractivity contribution in [2.45, 2.75) is 44.6 Å². The third-order valence-electron chi connectivity index (χ3n) is 6.03. The third kappa shape index (κ3) is 4.71. The van der Waals surface area contributed by atoms with E-state index in [4.69, 9.17) is 16.3 Å². The highest BCUT2D eigenvalue weighted by molar-refractivity contribution is 7.89. The van der Waals surface area contributed by atoms with Gasteiger partial charge in [-0.25, -0.2) is 8.42 Å². The standard InChI is InChI=1S/C23H26ClN3O5S/c1-13-4-5-18(17(24)10-13)25-23(29)16-6-8-27(9-7-16)33(30,31)21-12-20-19(11-14(21)2)26-22(28)15(3)32-20/h4-5,10-12,15-16H,6-9H2,1-3H3,(H,25,29)(H,26,28)/t15-/m0/s1. The minimum atomic E-state index is -3.79. The van der Waals surface area contributed by atoms with Crippen LogP contribution in [-0.2, 0) is 19.6 Å². The Morgan fingerprint density at radius 2 is 1.88 bits per heavy atom. The van der Waals surface area contributed by atoms with Crippen molar-refractivity contribution in [3.63, 3.8) is 0 Å². The van der Waals surface area contributed by atoms with Crippen LogP contribution in [0.1, 0.15) is 30.9 Å². The Bertz CT molecular complexity index is 1220. The Hall–Kier alpha value is -2.62. The lowest BCUT2D eigenvalue weighted by atomic mass is 9.97. The predicted octanol–water partition coefficient (Wildman–Crippen LogP) is 3.72. The number of anilines is 2.